The zero-order valence-corrected chi connectivity index (χ0v) is 13.7. The molecule has 0 unspecified atom stereocenters. The third-order valence-electron chi connectivity index (χ3n) is 3.27. The molecule has 0 amide bonds. The second kappa shape index (κ2) is 7.06. The number of ether oxygens (including phenoxy) is 1. The Morgan fingerprint density at radius 2 is 1.85 bits per heavy atom. The van der Waals surface area contributed by atoms with Gasteiger partial charge in [-0.3, -0.25) is 0 Å². The second-order valence-corrected chi connectivity index (χ2v) is 6.81. The molecule has 0 aromatic heterocycles. The first kappa shape index (κ1) is 16.9. The van der Waals surface area contributed by atoms with Crippen LogP contribution in [-0.2, 0) is 10.0 Å². The van der Waals surface area contributed by atoms with Gasteiger partial charge in [0, 0.05) is 6.54 Å². The number of hydrogen-bond acceptors (Lipinski definition) is 4. The third kappa shape index (κ3) is 4.19. The Morgan fingerprint density at radius 1 is 1.20 bits per heavy atom. The highest BCUT2D eigenvalue weighted by Crippen LogP contribution is 2.26. The summed E-state index contributed by atoms with van der Waals surface area (Å²) in [5.41, 5.74) is 1.58. The van der Waals surface area contributed by atoms with E-state index in [0.29, 0.717) is 17.2 Å². The highest BCUT2D eigenvalue weighted by molar-refractivity contribution is 7.89. The van der Waals surface area contributed by atoms with Crippen LogP contribution in [0.5, 0.6) is 5.75 Å². The quantitative estimate of drug-likeness (QED) is 0.776. The van der Waals surface area contributed by atoms with Crippen LogP contribution in [0.2, 0.25) is 0 Å². The largest absolute Gasteiger partial charge is 0.496 e. The van der Waals surface area contributed by atoms with E-state index in [1.54, 1.807) is 26.2 Å². The van der Waals surface area contributed by atoms with Crippen molar-refractivity contribution in [1.82, 2.24) is 9.62 Å². The average molecular weight is 300 g/mol. The number of rotatable bonds is 7. The van der Waals surface area contributed by atoms with Crippen LogP contribution >= 0.6 is 0 Å². The molecule has 6 heteroatoms. The Labute approximate surface area is 122 Å². The number of nitrogens with zero attached hydrogens (tertiary/aromatic N) is 1. The summed E-state index contributed by atoms with van der Waals surface area (Å²) in [6.07, 6.45) is 0.778. The summed E-state index contributed by atoms with van der Waals surface area (Å²) in [6, 6.07) is 3.28. The molecule has 0 aliphatic heterocycles. The van der Waals surface area contributed by atoms with Crippen molar-refractivity contribution >= 4 is 10.0 Å². The van der Waals surface area contributed by atoms with Gasteiger partial charge in [0.1, 0.15) is 5.75 Å². The molecular weight excluding hydrogens is 276 g/mol. The Morgan fingerprint density at radius 3 is 2.40 bits per heavy atom. The van der Waals surface area contributed by atoms with Crippen LogP contribution in [0.4, 0.5) is 0 Å². The molecule has 0 saturated heterocycles. The van der Waals surface area contributed by atoms with Crippen molar-refractivity contribution in [1.29, 1.82) is 0 Å². The molecule has 0 atom stereocenters. The van der Waals surface area contributed by atoms with Crippen molar-refractivity contribution in [3.8, 4) is 5.75 Å². The maximum atomic E-state index is 12.3. The minimum Gasteiger partial charge on any atom is -0.496 e. The highest BCUT2D eigenvalue weighted by atomic mass is 32.2. The Hall–Kier alpha value is -1.11. The summed E-state index contributed by atoms with van der Waals surface area (Å²) >= 11 is 0. The van der Waals surface area contributed by atoms with E-state index in [1.165, 1.54) is 0 Å². The fraction of sp³-hybridized carbons (Fsp3) is 0.571. The molecule has 20 heavy (non-hydrogen) atoms. The van der Waals surface area contributed by atoms with E-state index < -0.39 is 10.0 Å². The Bertz CT molecular complexity index is 554. The van der Waals surface area contributed by atoms with Gasteiger partial charge >= 0.3 is 0 Å². The van der Waals surface area contributed by atoms with Gasteiger partial charge in [0.25, 0.3) is 0 Å². The molecule has 0 saturated carbocycles. The van der Waals surface area contributed by atoms with Gasteiger partial charge in [0.15, 0.2) is 0 Å². The van der Waals surface area contributed by atoms with Gasteiger partial charge in [-0.05, 0) is 64.2 Å². The third-order valence-corrected chi connectivity index (χ3v) is 4.88. The lowest BCUT2D eigenvalue weighted by atomic mass is 10.1. The summed E-state index contributed by atoms with van der Waals surface area (Å²) in [4.78, 5) is 2.34. The number of methoxy groups -OCH3 is 1. The van der Waals surface area contributed by atoms with E-state index >= 15 is 0 Å². The van der Waals surface area contributed by atoms with Crippen LogP contribution < -0.4 is 9.46 Å². The van der Waals surface area contributed by atoms with E-state index in [9.17, 15) is 8.42 Å². The first-order valence-electron chi connectivity index (χ1n) is 6.58. The standard InChI is InChI=1S/C14H24N2O3S/c1-11-12(2)14(8-7-13(11)19-5)20(17,18)15-9-6-10-16(3)4/h7-8,15H,6,9-10H2,1-5H3. The molecule has 1 aromatic rings. The van der Waals surface area contributed by atoms with Crippen molar-refractivity contribution < 1.29 is 13.2 Å². The molecule has 1 aromatic carbocycles. The normalized spacial score (nSPS) is 11.9. The summed E-state index contributed by atoms with van der Waals surface area (Å²) < 4.78 is 32.4. The van der Waals surface area contributed by atoms with Crippen molar-refractivity contribution in [3.63, 3.8) is 0 Å². The SMILES string of the molecule is COc1ccc(S(=O)(=O)NCCCN(C)C)c(C)c1C. The monoisotopic (exact) mass is 300 g/mol. The molecule has 1 rings (SSSR count). The van der Waals surface area contributed by atoms with Crippen LogP contribution in [0.1, 0.15) is 17.5 Å². The molecule has 0 radical (unpaired) electrons. The molecule has 0 heterocycles. The molecule has 0 spiro atoms. The number of hydrogen-bond donors (Lipinski definition) is 1. The first-order chi connectivity index (χ1) is 9.29. The maximum absolute atomic E-state index is 12.3. The minimum absolute atomic E-state index is 0.320. The molecule has 5 nitrogen and oxygen atoms in total. The molecule has 0 fully saturated rings. The molecular formula is C14H24N2O3S. The van der Waals surface area contributed by atoms with Crippen LogP contribution in [0.15, 0.2) is 17.0 Å². The Balaban J connectivity index is 2.85. The van der Waals surface area contributed by atoms with Gasteiger partial charge in [0.2, 0.25) is 10.0 Å². The van der Waals surface area contributed by atoms with Gasteiger partial charge in [0.05, 0.1) is 12.0 Å². The van der Waals surface area contributed by atoms with E-state index in [4.69, 9.17) is 4.74 Å². The lowest BCUT2D eigenvalue weighted by molar-refractivity contribution is 0.400. The molecule has 0 aliphatic carbocycles. The van der Waals surface area contributed by atoms with Gasteiger partial charge in [-0.1, -0.05) is 0 Å². The maximum Gasteiger partial charge on any atom is 0.240 e. The highest BCUT2D eigenvalue weighted by Gasteiger charge is 2.18. The van der Waals surface area contributed by atoms with Crippen LogP contribution in [0.3, 0.4) is 0 Å². The van der Waals surface area contributed by atoms with Gasteiger partial charge in [-0.25, -0.2) is 13.1 Å². The lowest BCUT2D eigenvalue weighted by Gasteiger charge is -2.14. The van der Waals surface area contributed by atoms with Crippen molar-refractivity contribution in [2.75, 3.05) is 34.3 Å². The van der Waals surface area contributed by atoms with Crippen LogP contribution in [-0.4, -0.2) is 47.6 Å². The van der Waals surface area contributed by atoms with E-state index in [1.807, 2.05) is 25.9 Å². The number of nitrogens with one attached hydrogen (secondary N) is 1. The fourth-order valence-electron chi connectivity index (χ4n) is 1.96. The minimum atomic E-state index is -3.46. The van der Waals surface area contributed by atoms with Crippen LogP contribution in [0.25, 0.3) is 0 Å². The van der Waals surface area contributed by atoms with E-state index in [0.717, 1.165) is 24.1 Å². The first-order valence-corrected chi connectivity index (χ1v) is 8.06. The van der Waals surface area contributed by atoms with Gasteiger partial charge in [-0.15, -0.1) is 0 Å². The zero-order valence-electron chi connectivity index (χ0n) is 12.9. The predicted molar refractivity (Wildman–Crippen MR) is 80.8 cm³/mol. The zero-order chi connectivity index (χ0) is 15.3. The predicted octanol–water partition coefficient (Wildman–Crippen LogP) is 1.54. The molecule has 1 N–H and O–H groups in total. The average Bonchev–Trinajstić information content (AvgIpc) is 2.37. The van der Waals surface area contributed by atoms with Crippen molar-refractivity contribution in [3.05, 3.63) is 23.3 Å². The fourth-order valence-corrected chi connectivity index (χ4v) is 3.33. The van der Waals surface area contributed by atoms with Gasteiger partial charge < -0.3 is 9.64 Å². The smallest absolute Gasteiger partial charge is 0.240 e. The van der Waals surface area contributed by atoms with Crippen molar-refractivity contribution in [2.45, 2.75) is 25.2 Å². The Kier molecular flexibility index (Phi) is 5.98. The number of benzene rings is 1. The summed E-state index contributed by atoms with van der Waals surface area (Å²) in [5, 5.41) is 0. The van der Waals surface area contributed by atoms with Crippen LogP contribution in [0, 0.1) is 13.8 Å². The molecule has 0 bridgehead atoms. The lowest BCUT2D eigenvalue weighted by Crippen LogP contribution is -2.28. The van der Waals surface area contributed by atoms with E-state index in [-0.39, 0.29) is 0 Å². The topological polar surface area (TPSA) is 58.6 Å². The van der Waals surface area contributed by atoms with Crippen molar-refractivity contribution in [2.24, 2.45) is 0 Å². The number of sulfonamides is 1. The van der Waals surface area contributed by atoms with E-state index in [2.05, 4.69) is 4.72 Å². The molecule has 114 valence electrons. The molecule has 0 aliphatic rings. The summed E-state index contributed by atoms with van der Waals surface area (Å²) in [7, 11) is 2.05. The second-order valence-electron chi connectivity index (χ2n) is 5.07. The summed E-state index contributed by atoms with van der Waals surface area (Å²) in [6.45, 7) is 4.94. The van der Waals surface area contributed by atoms with Gasteiger partial charge in [-0.2, -0.15) is 0 Å². The summed E-state index contributed by atoms with van der Waals surface area (Å²) in [5.74, 6) is 0.703.